The molecule has 4 rings (SSSR count). The molecule has 7 nitrogen and oxygen atoms in total. The minimum Gasteiger partial charge on any atom is -0.457 e. The highest BCUT2D eigenvalue weighted by atomic mass is 16.5. The number of aromatic nitrogens is 2. The lowest BCUT2D eigenvalue weighted by molar-refractivity contribution is 0.173. The molecule has 0 saturated carbocycles. The maximum atomic E-state index is 6.28. The molecule has 167 valence electrons. The predicted molar refractivity (Wildman–Crippen MR) is 128 cm³/mol. The highest BCUT2D eigenvalue weighted by Crippen LogP contribution is 2.36. The summed E-state index contributed by atoms with van der Waals surface area (Å²) < 4.78 is 11.2. The van der Waals surface area contributed by atoms with Gasteiger partial charge in [0.25, 0.3) is 0 Å². The highest BCUT2D eigenvalue weighted by Gasteiger charge is 2.32. The van der Waals surface area contributed by atoms with E-state index in [1.54, 1.807) is 7.11 Å². The SMILES string of the molecule is COC[CH]C1(CNc2ncnc(N)c2-c2ccc(Oc3ccccc3)cc2)CCNCC1. The van der Waals surface area contributed by atoms with Gasteiger partial charge in [0.2, 0.25) is 0 Å². The van der Waals surface area contributed by atoms with E-state index in [0.29, 0.717) is 12.4 Å². The van der Waals surface area contributed by atoms with Crippen molar-refractivity contribution in [3.63, 3.8) is 0 Å². The fraction of sp³-hybridized carbons (Fsp3) is 0.320. The Labute approximate surface area is 189 Å². The summed E-state index contributed by atoms with van der Waals surface area (Å²) >= 11 is 0. The van der Waals surface area contributed by atoms with Crippen molar-refractivity contribution in [2.45, 2.75) is 12.8 Å². The van der Waals surface area contributed by atoms with E-state index in [0.717, 1.165) is 60.9 Å². The Balaban J connectivity index is 1.52. The van der Waals surface area contributed by atoms with Crippen LogP contribution in [0.3, 0.4) is 0 Å². The average molecular weight is 433 g/mol. The average Bonchev–Trinajstić information content (AvgIpc) is 2.84. The molecule has 3 aromatic rings. The van der Waals surface area contributed by atoms with Gasteiger partial charge in [-0.1, -0.05) is 30.3 Å². The Kier molecular flexibility index (Phi) is 7.19. The van der Waals surface area contributed by atoms with Gasteiger partial charge in [-0.2, -0.15) is 0 Å². The van der Waals surface area contributed by atoms with Gasteiger partial charge in [-0.05, 0) is 67.6 Å². The second kappa shape index (κ2) is 10.4. The molecule has 1 aromatic heterocycles. The molecule has 0 unspecified atom stereocenters. The van der Waals surface area contributed by atoms with E-state index >= 15 is 0 Å². The molecule has 2 heterocycles. The highest BCUT2D eigenvalue weighted by molar-refractivity contribution is 5.83. The molecular formula is C25H30N5O2. The molecule has 0 spiro atoms. The second-order valence-electron chi connectivity index (χ2n) is 8.05. The van der Waals surface area contributed by atoms with E-state index in [4.69, 9.17) is 15.2 Å². The van der Waals surface area contributed by atoms with E-state index in [1.165, 1.54) is 6.33 Å². The topological polar surface area (TPSA) is 94.3 Å². The van der Waals surface area contributed by atoms with E-state index < -0.39 is 0 Å². The van der Waals surface area contributed by atoms with Crippen LogP contribution in [0.5, 0.6) is 11.5 Å². The number of hydrogen-bond acceptors (Lipinski definition) is 7. The summed E-state index contributed by atoms with van der Waals surface area (Å²) in [6.45, 7) is 3.37. The lowest BCUT2D eigenvalue weighted by atomic mass is 9.76. The number of methoxy groups -OCH3 is 1. The van der Waals surface area contributed by atoms with Crippen molar-refractivity contribution in [1.82, 2.24) is 15.3 Å². The summed E-state index contributed by atoms with van der Waals surface area (Å²) in [4.78, 5) is 8.73. The van der Waals surface area contributed by atoms with E-state index in [9.17, 15) is 0 Å². The second-order valence-corrected chi connectivity index (χ2v) is 8.05. The molecule has 0 bridgehead atoms. The van der Waals surface area contributed by atoms with Crippen molar-refractivity contribution in [3.05, 3.63) is 67.3 Å². The van der Waals surface area contributed by atoms with Gasteiger partial charge in [-0.3, -0.25) is 0 Å². The third-order valence-electron chi connectivity index (χ3n) is 5.89. The summed E-state index contributed by atoms with van der Waals surface area (Å²) in [5.74, 6) is 2.73. The number of piperidine rings is 1. The van der Waals surface area contributed by atoms with Gasteiger partial charge in [0.05, 0.1) is 5.56 Å². The number of nitrogens with one attached hydrogen (secondary N) is 2. The van der Waals surface area contributed by atoms with Crippen LogP contribution >= 0.6 is 0 Å². The van der Waals surface area contributed by atoms with Crippen LogP contribution < -0.4 is 21.1 Å². The molecule has 7 heteroatoms. The fourth-order valence-corrected chi connectivity index (χ4v) is 4.03. The van der Waals surface area contributed by atoms with E-state index in [-0.39, 0.29) is 5.41 Å². The molecule has 0 amide bonds. The Hall–Kier alpha value is -3.16. The summed E-state index contributed by atoms with van der Waals surface area (Å²) in [6.07, 6.45) is 5.87. The molecular weight excluding hydrogens is 402 g/mol. The van der Waals surface area contributed by atoms with Gasteiger partial charge >= 0.3 is 0 Å². The van der Waals surface area contributed by atoms with Crippen LogP contribution in [0.4, 0.5) is 11.6 Å². The number of para-hydroxylation sites is 1. The Bertz CT molecular complexity index is 989. The van der Waals surface area contributed by atoms with Crippen LogP contribution in [0, 0.1) is 11.8 Å². The van der Waals surface area contributed by atoms with E-state index in [1.807, 2.05) is 54.6 Å². The number of nitrogens with zero attached hydrogens (tertiary/aromatic N) is 2. The monoisotopic (exact) mass is 432 g/mol. The summed E-state index contributed by atoms with van der Waals surface area (Å²) in [7, 11) is 1.73. The van der Waals surface area contributed by atoms with Gasteiger partial charge in [-0.15, -0.1) is 0 Å². The quantitative estimate of drug-likeness (QED) is 0.468. The molecule has 2 aromatic carbocycles. The largest absolute Gasteiger partial charge is 0.457 e. The summed E-state index contributed by atoms with van der Waals surface area (Å²) in [5.41, 5.74) is 8.06. The van der Waals surface area contributed by atoms with Crippen LogP contribution in [0.15, 0.2) is 60.9 Å². The number of nitrogens with two attached hydrogens (primary N) is 1. The van der Waals surface area contributed by atoms with Crippen molar-refractivity contribution in [3.8, 4) is 22.6 Å². The van der Waals surface area contributed by atoms with Gasteiger partial charge < -0.3 is 25.8 Å². The molecule has 32 heavy (non-hydrogen) atoms. The maximum absolute atomic E-state index is 6.28. The standard InChI is InChI=1S/C25H30N5O2/c1-31-16-13-25(11-14-27-15-12-25)17-28-24-22(23(26)29-18-30-24)19-7-9-21(10-8-19)32-20-5-3-2-4-6-20/h2-10,13,18,27H,11-12,14-17H2,1H3,(H3,26,28,29,30). The van der Waals surface area contributed by atoms with Gasteiger partial charge in [-0.25, -0.2) is 9.97 Å². The summed E-state index contributed by atoms with van der Waals surface area (Å²) in [5, 5.41) is 6.99. The molecule has 0 aliphatic carbocycles. The van der Waals surface area contributed by atoms with Crippen LogP contribution in [0.2, 0.25) is 0 Å². The van der Waals surface area contributed by atoms with E-state index in [2.05, 4.69) is 27.0 Å². The molecule has 0 atom stereocenters. The van der Waals surface area contributed by atoms with Crippen LogP contribution in [0.25, 0.3) is 11.1 Å². The fourth-order valence-electron chi connectivity index (χ4n) is 4.03. The normalized spacial score (nSPS) is 15.3. The minimum atomic E-state index is 0.0472. The van der Waals surface area contributed by atoms with Gasteiger partial charge in [0, 0.05) is 20.3 Å². The number of ether oxygens (including phenoxy) is 2. The van der Waals surface area contributed by atoms with Gasteiger partial charge in [0.1, 0.15) is 29.5 Å². The van der Waals surface area contributed by atoms with Crippen LogP contribution in [-0.2, 0) is 4.74 Å². The molecule has 1 fully saturated rings. The molecule has 1 radical (unpaired) electrons. The first kappa shape index (κ1) is 22.0. The zero-order chi connectivity index (χ0) is 22.2. The minimum absolute atomic E-state index is 0.0472. The first-order valence-electron chi connectivity index (χ1n) is 10.9. The Morgan fingerprint density at radius 2 is 1.75 bits per heavy atom. The molecule has 1 aliphatic rings. The number of nitrogen functional groups attached to an aromatic ring is 1. The zero-order valence-electron chi connectivity index (χ0n) is 18.4. The molecule has 1 saturated heterocycles. The van der Waals surface area contributed by atoms with Gasteiger partial charge in [0.15, 0.2) is 0 Å². The Morgan fingerprint density at radius 1 is 1.03 bits per heavy atom. The number of benzene rings is 2. The zero-order valence-corrected chi connectivity index (χ0v) is 18.4. The third-order valence-corrected chi connectivity index (χ3v) is 5.89. The first-order chi connectivity index (χ1) is 15.7. The number of rotatable bonds is 9. The Morgan fingerprint density at radius 3 is 2.47 bits per heavy atom. The number of hydrogen-bond donors (Lipinski definition) is 3. The van der Waals surface area contributed by atoms with Crippen molar-refractivity contribution >= 4 is 11.6 Å². The lowest BCUT2D eigenvalue weighted by Gasteiger charge is -2.37. The van der Waals surface area contributed by atoms with Crippen LogP contribution in [-0.4, -0.2) is 43.3 Å². The number of anilines is 2. The maximum Gasteiger partial charge on any atom is 0.139 e. The first-order valence-corrected chi connectivity index (χ1v) is 10.9. The van der Waals surface area contributed by atoms with Crippen molar-refractivity contribution in [2.24, 2.45) is 5.41 Å². The van der Waals surface area contributed by atoms with Crippen molar-refractivity contribution in [1.29, 1.82) is 0 Å². The summed E-state index contributed by atoms with van der Waals surface area (Å²) in [6, 6.07) is 17.5. The third kappa shape index (κ3) is 5.36. The predicted octanol–water partition coefficient (Wildman–Crippen LogP) is 4.15. The van der Waals surface area contributed by atoms with Crippen molar-refractivity contribution < 1.29 is 9.47 Å². The lowest BCUT2D eigenvalue weighted by Crippen LogP contribution is -2.42. The smallest absolute Gasteiger partial charge is 0.139 e. The van der Waals surface area contributed by atoms with Crippen LogP contribution in [0.1, 0.15) is 12.8 Å². The molecule has 1 aliphatic heterocycles. The molecule has 4 N–H and O–H groups in total. The van der Waals surface area contributed by atoms with Crippen molar-refractivity contribution in [2.75, 3.05) is 44.4 Å².